The third-order valence-electron chi connectivity index (χ3n) is 8.54. The number of fused-ring (bicyclic) bond motifs is 2. The molecule has 0 spiro atoms. The maximum Gasteiger partial charge on any atom is 0.245 e. The van der Waals surface area contributed by atoms with Crippen molar-refractivity contribution >= 4 is 35.0 Å². The maximum atomic E-state index is 14.8. The molecule has 2 aliphatic heterocycles. The van der Waals surface area contributed by atoms with E-state index in [1.807, 2.05) is 46.2 Å². The molecule has 8 heteroatoms. The van der Waals surface area contributed by atoms with Gasteiger partial charge in [-0.1, -0.05) is 60.8 Å². The summed E-state index contributed by atoms with van der Waals surface area (Å²) in [5.41, 5.74) is 3.81. The average molecular weight is 596 g/mol. The van der Waals surface area contributed by atoms with E-state index in [0.717, 1.165) is 40.2 Å². The minimum atomic E-state index is -0.609. The van der Waals surface area contributed by atoms with Gasteiger partial charge in [-0.3, -0.25) is 9.59 Å². The summed E-state index contributed by atoms with van der Waals surface area (Å²) in [5, 5.41) is 1.19. The summed E-state index contributed by atoms with van der Waals surface area (Å²) >= 11 is 12.4. The number of methoxy groups -OCH3 is 2. The van der Waals surface area contributed by atoms with Crippen LogP contribution < -0.4 is 9.47 Å². The topological polar surface area (TPSA) is 59.1 Å². The van der Waals surface area contributed by atoms with E-state index in [4.69, 9.17) is 32.7 Å². The van der Waals surface area contributed by atoms with Gasteiger partial charge in [0.25, 0.3) is 0 Å². The van der Waals surface area contributed by atoms with Crippen molar-refractivity contribution in [3.8, 4) is 11.5 Å². The van der Waals surface area contributed by atoms with Gasteiger partial charge in [-0.25, -0.2) is 0 Å². The molecule has 41 heavy (non-hydrogen) atoms. The number of hydrogen-bond donors (Lipinski definition) is 0. The molecule has 0 bridgehead atoms. The standard InChI is InChI=1S/C33H36Cl2N2O4/c1-5-6-28-32(38)36-16-15-23-17-26(40-3)18-30(41-4)27(23)19-29(36)20(2)37(28)33(39)31(21-7-11-24(34)12-8-21)22-9-13-25(35)14-10-22/h7-14,17-18,20,28-29,31H,5-6,15-16,19H2,1-4H3. The maximum absolute atomic E-state index is 14.8. The highest BCUT2D eigenvalue weighted by atomic mass is 35.5. The Hall–Kier alpha value is -3.22. The van der Waals surface area contributed by atoms with E-state index in [0.29, 0.717) is 35.9 Å². The minimum absolute atomic E-state index is 0.00741. The van der Waals surface area contributed by atoms with Gasteiger partial charge in [-0.05, 0) is 78.8 Å². The second-order valence-electron chi connectivity index (χ2n) is 10.8. The molecule has 1 fully saturated rings. The summed E-state index contributed by atoms with van der Waals surface area (Å²) in [6, 6.07) is 17.7. The lowest BCUT2D eigenvalue weighted by molar-refractivity contribution is -0.161. The molecule has 3 aromatic carbocycles. The number of amides is 2. The highest BCUT2D eigenvalue weighted by Crippen LogP contribution is 2.39. The molecule has 3 atom stereocenters. The largest absolute Gasteiger partial charge is 0.497 e. The van der Waals surface area contributed by atoms with Crippen LogP contribution in [0.15, 0.2) is 60.7 Å². The van der Waals surface area contributed by atoms with E-state index in [9.17, 15) is 9.59 Å². The fraction of sp³-hybridized carbons (Fsp3) is 0.394. The molecule has 0 aliphatic carbocycles. The SMILES string of the molecule is CCCC1C(=O)N2CCc3cc(OC)cc(OC)c3CC2C(C)N1C(=O)C(c1ccc(Cl)cc1)c1ccc(Cl)cc1. The summed E-state index contributed by atoms with van der Waals surface area (Å²) in [7, 11) is 3.30. The molecule has 216 valence electrons. The van der Waals surface area contributed by atoms with Crippen molar-refractivity contribution in [1.82, 2.24) is 9.80 Å². The van der Waals surface area contributed by atoms with Gasteiger partial charge >= 0.3 is 0 Å². The fourth-order valence-corrected chi connectivity index (χ4v) is 6.72. The van der Waals surface area contributed by atoms with Crippen molar-refractivity contribution in [3.05, 3.63) is 93.0 Å². The van der Waals surface area contributed by atoms with E-state index in [-0.39, 0.29) is 23.9 Å². The summed E-state index contributed by atoms with van der Waals surface area (Å²) in [6.45, 7) is 4.71. The first-order valence-corrected chi connectivity index (χ1v) is 14.9. The summed E-state index contributed by atoms with van der Waals surface area (Å²) in [5.74, 6) is 0.777. The number of piperazine rings is 1. The molecular weight excluding hydrogens is 559 g/mol. The normalized spacial score (nSPS) is 20.4. The molecule has 2 amide bonds. The van der Waals surface area contributed by atoms with Gasteiger partial charge in [-0.2, -0.15) is 0 Å². The summed E-state index contributed by atoms with van der Waals surface area (Å²) < 4.78 is 11.3. The molecule has 2 heterocycles. The third kappa shape index (κ3) is 5.64. The van der Waals surface area contributed by atoms with Crippen LogP contribution >= 0.6 is 23.2 Å². The van der Waals surface area contributed by atoms with Crippen molar-refractivity contribution < 1.29 is 19.1 Å². The number of benzene rings is 3. The second-order valence-corrected chi connectivity index (χ2v) is 11.7. The van der Waals surface area contributed by atoms with Gasteiger partial charge in [0, 0.05) is 22.7 Å². The first-order chi connectivity index (χ1) is 19.8. The molecule has 1 saturated heterocycles. The van der Waals surface area contributed by atoms with Crippen molar-refractivity contribution in [3.63, 3.8) is 0 Å². The predicted molar refractivity (Wildman–Crippen MR) is 162 cm³/mol. The van der Waals surface area contributed by atoms with Crippen LogP contribution in [0.25, 0.3) is 0 Å². The Labute approximate surface area is 252 Å². The Kier molecular flexibility index (Phi) is 8.81. The van der Waals surface area contributed by atoms with Crippen LogP contribution in [0.2, 0.25) is 10.0 Å². The Balaban J connectivity index is 1.58. The molecule has 0 N–H and O–H groups in total. The molecule has 0 aromatic heterocycles. The van der Waals surface area contributed by atoms with Crippen LogP contribution in [0.3, 0.4) is 0 Å². The van der Waals surface area contributed by atoms with E-state index >= 15 is 0 Å². The van der Waals surface area contributed by atoms with Gasteiger partial charge in [0.15, 0.2) is 0 Å². The number of halogens is 2. The molecule has 3 unspecified atom stereocenters. The zero-order valence-electron chi connectivity index (χ0n) is 23.9. The zero-order valence-corrected chi connectivity index (χ0v) is 25.4. The molecule has 3 aromatic rings. The molecule has 6 nitrogen and oxygen atoms in total. The van der Waals surface area contributed by atoms with Crippen LogP contribution in [-0.4, -0.2) is 60.5 Å². The molecule has 0 radical (unpaired) electrons. The van der Waals surface area contributed by atoms with Gasteiger partial charge in [0.2, 0.25) is 11.8 Å². The van der Waals surface area contributed by atoms with E-state index < -0.39 is 12.0 Å². The smallest absolute Gasteiger partial charge is 0.245 e. The second kappa shape index (κ2) is 12.3. The van der Waals surface area contributed by atoms with E-state index in [1.54, 1.807) is 38.5 Å². The van der Waals surface area contributed by atoms with Crippen LogP contribution in [0.4, 0.5) is 0 Å². The minimum Gasteiger partial charge on any atom is -0.497 e. The van der Waals surface area contributed by atoms with Gasteiger partial charge < -0.3 is 19.3 Å². The molecule has 2 aliphatic rings. The highest BCUT2D eigenvalue weighted by molar-refractivity contribution is 6.30. The van der Waals surface area contributed by atoms with Crippen LogP contribution in [0.1, 0.15) is 54.9 Å². The van der Waals surface area contributed by atoms with Crippen LogP contribution in [0.5, 0.6) is 11.5 Å². The number of ether oxygens (including phenoxy) is 2. The first kappa shape index (κ1) is 29.3. The molecular formula is C33H36Cl2N2O4. The van der Waals surface area contributed by atoms with Gasteiger partial charge in [-0.15, -0.1) is 0 Å². The van der Waals surface area contributed by atoms with Crippen molar-refractivity contribution in [2.45, 2.75) is 63.6 Å². The first-order valence-electron chi connectivity index (χ1n) is 14.1. The Morgan fingerprint density at radius 3 is 2.12 bits per heavy atom. The van der Waals surface area contributed by atoms with Crippen LogP contribution in [0, 0.1) is 0 Å². The number of carbonyl (C=O) groups is 2. The number of nitrogens with zero attached hydrogens (tertiary/aromatic N) is 2. The Bertz CT molecular complexity index is 1360. The number of hydrogen-bond acceptors (Lipinski definition) is 4. The average Bonchev–Trinajstić information content (AvgIpc) is 3.17. The van der Waals surface area contributed by atoms with Gasteiger partial charge in [0.05, 0.1) is 32.2 Å². The third-order valence-corrected chi connectivity index (χ3v) is 9.04. The Morgan fingerprint density at radius 1 is 0.976 bits per heavy atom. The monoisotopic (exact) mass is 594 g/mol. The number of rotatable bonds is 7. The van der Waals surface area contributed by atoms with E-state index in [1.165, 1.54) is 0 Å². The summed E-state index contributed by atoms with van der Waals surface area (Å²) in [6.07, 6.45) is 2.66. The van der Waals surface area contributed by atoms with Gasteiger partial charge in [0.1, 0.15) is 17.5 Å². The Morgan fingerprint density at radius 2 is 1.59 bits per heavy atom. The molecule has 5 rings (SSSR count). The lowest BCUT2D eigenvalue weighted by Gasteiger charge is -2.50. The van der Waals surface area contributed by atoms with Crippen molar-refractivity contribution in [2.75, 3.05) is 20.8 Å². The fourth-order valence-electron chi connectivity index (χ4n) is 6.47. The highest BCUT2D eigenvalue weighted by Gasteiger charge is 2.49. The molecule has 0 saturated carbocycles. The van der Waals surface area contributed by atoms with Crippen molar-refractivity contribution in [2.24, 2.45) is 0 Å². The quantitative estimate of drug-likeness (QED) is 0.312. The lowest BCUT2D eigenvalue weighted by atomic mass is 9.85. The zero-order chi connectivity index (χ0) is 29.3. The predicted octanol–water partition coefficient (Wildman–Crippen LogP) is 6.54. The van der Waals surface area contributed by atoms with Crippen molar-refractivity contribution in [1.29, 1.82) is 0 Å². The van der Waals surface area contributed by atoms with Crippen LogP contribution in [-0.2, 0) is 22.4 Å². The van der Waals surface area contributed by atoms with E-state index in [2.05, 4.69) is 13.8 Å². The summed E-state index contributed by atoms with van der Waals surface area (Å²) in [4.78, 5) is 32.9. The lowest BCUT2D eigenvalue weighted by Crippen LogP contribution is -2.68. The number of carbonyl (C=O) groups excluding carboxylic acids is 2.